The molecule has 2 aromatic rings. The molecule has 0 aliphatic rings. The second kappa shape index (κ2) is 8.47. The lowest BCUT2D eigenvalue weighted by molar-refractivity contribution is -0.384. The van der Waals surface area contributed by atoms with E-state index in [0.717, 1.165) is 5.56 Å². The fourth-order valence-electron chi connectivity index (χ4n) is 1.98. The molecule has 0 unspecified atom stereocenters. The zero-order valence-electron chi connectivity index (χ0n) is 13.2. The van der Waals surface area contributed by atoms with Gasteiger partial charge in [-0.2, -0.15) is 0 Å². The van der Waals surface area contributed by atoms with E-state index in [1.165, 1.54) is 18.2 Å². The summed E-state index contributed by atoms with van der Waals surface area (Å²) >= 11 is 0. The second-order valence-electron chi connectivity index (χ2n) is 4.84. The van der Waals surface area contributed by atoms with E-state index in [1.54, 1.807) is 18.2 Å². The Kier molecular flexibility index (Phi) is 6.08. The van der Waals surface area contributed by atoms with E-state index >= 15 is 0 Å². The second-order valence-corrected chi connectivity index (χ2v) is 4.84. The largest absolute Gasteiger partial charge is 0.493 e. The van der Waals surface area contributed by atoms with E-state index in [-0.39, 0.29) is 12.3 Å². The number of nitrogens with zero attached hydrogens (tertiary/aromatic N) is 1. The Balaban J connectivity index is 1.92. The molecule has 2 aromatic carbocycles. The molecule has 24 heavy (non-hydrogen) atoms. The number of non-ortho nitro benzene ring substituents is 1. The zero-order chi connectivity index (χ0) is 17.4. The Morgan fingerprint density at radius 1 is 1.17 bits per heavy atom. The van der Waals surface area contributed by atoms with Gasteiger partial charge in [0.25, 0.3) is 5.69 Å². The molecule has 0 amide bonds. The zero-order valence-corrected chi connectivity index (χ0v) is 13.2. The monoisotopic (exact) mass is 327 g/mol. The van der Waals surface area contributed by atoms with E-state index in [0.29, 0.717) is 17.9 Å². The Morgan fingerprint density at radius 2 is 1.88 bits per heavy atom. The summed E-state index contributed by atoms with van der Waals surface area (Å²) in [6, 6.07) is 13.2. The molecule has 0 aromatic heterocycles. The topological polar surface area (TPSA) is 78.7 Å². The molecule has 6 nitrogen and oxygen atoms in total. The van der Waals surface area contributed by atoms with Crippen molar-refractivity contribution in [2.45, 2.75) is 13.5 Å². The van der Waals surface area contributed by atoms with Gasteiger partial charge in [-0.25, -0.2) is 4.79 Å². The first-order valence-corrected chi connectivity index (χ1v) is 7.40. The molecule has 0 atom stereocenters. The van der Waals surface area contributed by atoms with Crippen LogP contribution in [0.1, 0.15) is 18.1 Å². The van der Waals surface area contributed by atoms with Gasteiger partial charge < -0.3 is 9.47 Å². The van der Waals surface area contributed by atoms with E-state index in [1.807, 2.05) is 31.2 Å². The third-order valence-electron chi connectivity index (χ3n) is 3.15. The Morgan fingerprint density at radius 3 is 2.54 bits per heavy atom. The van der Waals surface area contributed by atoms with Crippen LogP contribution >= 0.6 is 0 Å². The molecule has 0 saturated heterocycles. The first-order valence-electron chi connectivity index (χ1n) is 7.40. The number of esters is 1. The first kappa shape index (κ1) is 17.2. The number of hydrogen-bond donors (Lipinski definition) is 0. The van der Waals surface area contributed by atoms with E-state index in [4.69, 9.17) is 9.47 Å². The number of carbonyl (C=O) groups excluding carboxylic acids is 1. The fourth-order valence-corrected chi connectivity index (χ4v) is 1.98. The minimum Gasteiger partial charge on any atom is -0.493 e. The summed E-state index contributed by atoms with van der Waals surface area (Å²) in [6.07, 6.45) is 2.95. The molecule has 0 aliphatic carbocycles. The summed E-state index contributed by atoms with van der Waals surface area (Å²) in [4.78, 5) is 21.9. The maximum absolute atomic E-state index is 11.8. The lowest BCUT2D eigenvalue weighted by Crippen LogP contribution is -2.01. The van der Waals surface area contributed by atoms with Gasteiger partial charge in [-0.1, -0.05) is 18.2 Å². The number of ether oxygens (including phenoxy) is 2. The van der Waals surface area contributed by atoms with Crippen LogP contribution in [0.2, 0.25) is 0 Å². The van der Waals surface area contributed by atoms with Gasteiger partial charge in [-0.05, 0) is 36.8 Å². The molecule has 6 heteroatoms. The number of hydrogen-bond acceptors (Lipinski definition) is 5. The summed E-state index contributed by atoms with van der Waals surface area (Å²) in [6.45, 7) is 2.47. The minimum absolute atomic E-state index is 0.00231. The van der Waals surface area contributed by atoms with E-state index in [9.17, 15) is 14.9 Å². The SMILES string of the molecule is CCOc1ccccc1/C=C/C(=O)OCc1ccc([N+](=O)[O-])cc1. The molecule has 0 N–H and O–H groups in total. The molecular formula is C18H17NO5. The molecule has 0 fully saturated rings. The van der Waals surface area contributed by atoms with E-state index in [2.05, 4.69) is 0 Å². The van der Waals surface area contributed by atoms with Gasteiger partial charge in [0, 0.05) is 23.8 Å². The van der Waals surface area contributed by atoms with Crippen molar-refractivity contribution >= 4 is 17.7 Å². The van der Waals surface area contributed by atoms with Crippen molar-refractivity contribution in [2.24, 2.45) is 0 Å². The van der Waals surface area contributed by atoms with Gasteiger partial charge in [0.05, 0.1) is 11.5 Å². The summed E-state index contributed by atoms with van der Waals surface area (Å²) in [5, 5.41) is 10.6. The lowest BCUT2D eigenvalue weighted by atomic mass is 10.2. The lowest BCUT2D eigenvalue weighted by Gasteiger charge is -2.06. The molecule has 0 spiro atoms. The highest BCUT2D eigenvalue weighted by Crippen LogP contribution is 2.19. The predicted molar refractivity (Wildman–Crippen MR) is 89.5 cm³/mol. The average Bonchev–Trinajstić information content (AvgIpc) is 2.60. The number of para-hydroxylation sites is 1. The van der Waals surface area contributed by atoms with Crippen molar-refractivity contribution in [3.63, 3.8) is 0 Å². The molecule has 0 saturated carbocycles. The Hall–Kier alpha value is -3.15. The van der Waals surface area contributed by atoms with Gasteiger partial charge in [0.2, 0.25) is 0 Å². The standard InChI is InChI=1S/C18H17NO5/c1-2-23-17-6-4-3-5-15(17)9-12-18(20)24-13-14-7-10-16(11-8-14)19(21)22/h3-12H,2,13H2,1H3/b12-9+. The van der Waals surface area contributed by atoms with Crippen LogP contribution in [0.15, 0.2) is 54.6 Å². The Labute approximate surface area is 139 Å². The molecule has 0 heterocycles. The highest BCUT2D eigenvalue weighted by atomic mass is 16.6. The summed E-state index contributed by atoms with van der Waals surface area (Å²) in [5.74, 6) is 0.194. The predicted octanol–water partition coefficient (Wildman–Crippen LogP) is 3.75. The van der Waals surface area contributed by atoms with Crippen molar-refractivity contribution in [1.29, 1.82) is 0 Å². The van der Waals surface area contributed by atoms with Gasteiger partial charge in [-0.15, -0.1) is 0 Å². The normalized spacial score (nSPS) is 10.5. The highest BCUT2D eigenvalue weighted by Gasteiger charge is 2.05. The number of carbonyl (C=O) groups is 1. The highest BCUT2D eigenvalue weighted by molar-refractivity contribution is 5.87. The number of benzene rings is 2. The number of nitro groups is 1. The molecule has 124 valence electrons. The molecule has 0 bridgehead atoms. The molecule has 0 aliphatic heterocycles. The van der Waals surface area contributed by atoms with E-state index < -0.39 is 10.9 Å². The van der Waals surface area contributed by atoms with Gasteiger partial charge in [0.1, 0.15) is 12.4 Å². The third-order valence-corrected chi connectivity index (χ3v) is 3.15. The molecule has 2 rings (SSSR count). The van der Waals surface area contributed by atoms with Crippen LogP contribution in [-0.2, 0) is 16.1 Å². The summed E-state index contributed by atoms with van der Waals surface area (Å²) < 4.78 is 10.6. The number of rotatable bonds is 7. The van der Waals surface area contributed by atoms with Crippen molar-refractivity contribution in [2.75, 3.05) is 6.61 Å². The van der Waals surface area contributed by atoms with Crippen LogP contribution in [-0.4, -0.2) is 17.5 Å². The van der Waals surface area contributed by atoms with Gasteiger partial charge in [-0.3, -0.25) is 10.1 Å². The first-order chi connectivity index (χ1) is 11.6. The summed E-state index contributed by atoms with van der Waals surface area (Å²) in [5.41, 5.74) is 1.46. The summed E-state index contributed by atoms with van der Waals surface area (Å²) in [7, 11) is 0. The smallest absolute Gasteiger partial charge is 0.331 e. The average molecular weight is 327 g/mol. The van der Waals surface area contributed by atoms with Crippen LogP contribution in [0.3, 0.4) is 0 Å². The van der Waals surface area contributed by atoms with Gasteiger partial charge in [0.15, 0.2) is 0 Å². The van der Waals surface area contributed by atoms with Crippen molar-refractivity contribution in [3.8, 4) is 5.75 Å². The molecular weight excluding hydrogens is 310 g/mol. The van der Waals surface area contributed by atoms with Gasteiger partial charge >= 0.3 is 5.97 Å². The molecule has 0 radical (unpaired) electrons. The van der Waals surface area contributed by atoms with Crippen molar-refractivity contribution in [1.82, 2.24) is 0 Å². The van der Waals surface area contributed by atoms with Crippen LogP contribution in [0.5, 0.6) is 5.75 Å². The Bertz CT molecular complexity index is 737. The quantitative estimate of drug-likeness (QED) is 0.335. The van der Waals surface area contributed by atoms with Crippen molar-refractivity contribution in [3.05, 3.63) is 75.8 Å². The van der Waals surface area contributed by atoms with Crippen LogP contribution < -0.4 is 4.74 Å². The van der Waals surface area contributed by atoms with Crippen LogP contribution in [0.25, 0.3) is 6.08 Å². The van der Waals surface area contributed by atoms with Crippen LogP contribution in [0, 0.1) is 10.1 Å². The maximum Gasteiger partial charge on any atom is 0.331 e. The fraction of sp³-hybridized carbons (Fsp3) is 0.167. The number of nitro benzene ring substituents is 1. The third kappa shape index (κ3) is 4.95. The van der Waals surface area contributed by atoms with Crippen LogP contribution in [0.4, 0.5) is 5.69 Å². The minimum atomic E-state index is -0.500. The van der Waals surface area contributed by atoms with Crippen molar-refractivity contribution < 1.29 is 19.2 Å². The maximum atomic E-state index is 11.8.